The molecule has 2 aromatic rings. The first kappa shape index (κ1) is 20.9. The number of aryl methyl sites for hydroxylation is 1. The maximum atomic E-state index is 13.1. The molecule has 0 saturated carbocycles. The van der Waals surface area contributed by atoms with E-state index in [1.165, 1.54) is 7.11 Å². The van der Waals surface area contributed by atoms with Crippen LogP contribution in [0.5, 0.6) is 5.75 Å². The lowest BCUT2D eigenvalue weighted by Gasteiger charge is -2.32. The predicted molar refractivity (Wildman–Crippen MR) is 118 cm³/mol. The van der Waals surface area contributed by atoms with E-state index in [-0.39, 0.29) is 23.7 Å². The number of aromatic amines is 1. The smallest absolute Gasteiger partial charge is 0.258 e. The molecule has 1 saturated heterocycles. The van der Waals surface area contributed by atoms with Gasteiger partial charge in [-0.25, -0.2) is 0 Å². The normalized spacial score (nSPS) is 20.6. The van der Waals surface area contributed by atoms with Gasteiger partial charge in [0.2, 0.25) is 17.8 Å². The lowest BCUT2D eigenvalue weighted by molar-refractivity contribution is -0.123. The molecule has 4 rings (SSSR count). The molecule has 9 heteroatoms. The number of rotatable bonds is 4. The van der Waals surface area contributed by atoms with Crippen molar-refractivity contribution in [1.82, 2.24) is 9.97 Å². The standard InChI is InChI=1S/C22H27N5O4/c1-12-6-7-16(31-3)15(9-12)23-20(29)14-10-17(28)24-19-18(14)21(30)26-22(25-19)27-8-4-5-13(2)11-27/h6-7,9,13-14H,4-5,8,10-11H2,1-3H3,(H,23,29)(H2,24,25,26,28,30)/t13-,14+/m1/s1. The maximum absolute atomic E-state index is 13.1. The average Bonchev–Trinajstić information content (AvgIpc) is 2.73. The topological polar surface area (TPSA) is 116 Å². The van der Waals surface area contributed by atoms with Crippen molar-refractivity contribution in [2.24, 2.45) is 5.92 Å². The summed E-state index contributed by atoms with van der Waals surface area (Å²) in [7, 11) is 1.52. The number of fused-ring (bicyclic) bond motifs is 1. The molecular weight excluding hydrogens is 398 g/mol. The molecule has 2 amide bonds. The van der Waals surface area contributed by atoms with E-state index in [4.69, 9.17) is 4.74 Å². The van der Waals surface area contributed by atoms with E-state index in [0.717, 1.165) is 31.5 Å². The Bertz CT molecular complexity index is 1080. The van der Waals surface area contributed by atoms with Crippen LogP contribution in [0.15, 0.2) is 23.0 Å². The second kappa shape index (κ2) is 8.41. The van der Waals surface area contributed by atoms with Crippen LogP contribution in [-0.2, 0) is 9.59 Å². The van der Waals surface area contributed by atoms with E-state index in [0.29, 0.717) is 23.3 Å². The van der Waals surface area contributed by atoms with Gasteiger partial charge in [0.1, 0.15) is 11.6 Å². The number of nitrogens with zero attached hydrogens (tertiary/aromatic N) is 2. The Morgan fingerprint density at radius 3 is 2.87 bits per heavy atom. The van der Waals surface area contributed by atoms with E-state index in [9.17, 15) is 14.4 Å². The fraction of sp³-hybridized carbons (Fsp3) is 0.455. The highest BCUT2D eigenvalue weighted by atomic mass is 16.5. The van der Waals surface area contributed by atoms with Gasteiger partial charge in [-0.2, -0.15) is 4.98 Å². The summed E-state index contributed by atoms with van der Waals surface area (Å²) in [6.45, 7) is 5.63. The van der Waals surface area contributed by atoms with Gasteiger partial charge in [-0.1, -0.05) is 13.0 Å². The van der Waals surface area contributed by atoms with Crippen molar-refractivity contribution in [1.29, 1.82) is 0 Å². The van der Waals surface area contributed by atoms with Crippen LogP contribution in [0, 0.1) is 12.8 Å². The van der Waals surface area contributed by atoms with Crippen LogP contribution in [0.1, 0.15) is 43.2 Å². The van der Waals surface area contributed by atoms with Crippen molar-refractivity contribution in [3.63, 3.8) is 0 Å². The SMILES string of the molecule is COc1ccc(C)cc1NC(=O)[C@H]1CC(=O)Nc2nc(N3CCC[C@@H](C)C3)[nH]c(=O)c21. The number of ether oxygens (including phenoxy) is 1. The highest BCUT2D eigenvalue weighted by Crippen LogP contribution is 2.32. The molecule has 3 heterocycles. The van der Waals surface area contributed by atoms with E-state index >= 15 is 0 Å². The van der Waals surface area contributed by atoms with Gasteiger partial charge in [0.05, 0.1) is 24.3 Å². The first-order valence-corrected chi connectivity index (χ1v) is 10.5. The first-order chi connectivity index (χ1) is 14.9. The van der Waals surface area contributed by atoms with Gasteiger partial charge >= 0.3 is 0 Å². The van der Waals surface area contributed by atoms with Crippen LogP contribution in [0.3, 0.4) is 0 Å². The van der Waals surface area contributed by atoms with Crippen LogP contribution in [0.2, 0.25) is 0 Å². The van der Waals surface area contributed by atoms with Crippen LogP contribution in [0.4, 0.5) is 17.5 Å². The molecule has 9 nitrogen and oxygen atoms in total. The zero-order valence-electron chi connectivity index (χ0n) is 17.9. The first-order valence-electron chi connectivity index (χ1n) is 10.5. The minimum absolute atomic E-state index is 0.127. The van der Waals surface area contributed by atoms with Crippen molar-refractivity contribution in [2.45, 2.75) is 39.0 Å². The molecule has 164 valence electrons. The monoisotopic (exact) mass is 425 g/mol. The van der Waals surface area contributed by atoms with E-state index in [1.54, 1.807) is 12.1 Å². The summed E-state index contributed by atoms with van der Waals surface area (Å²) < 4.78 is 5.31. The maximum Gasteiger partial charge on any atom is 0.258 e. The van der Waals surface area contributed by atoms with Gasteiger partial charge in [-0.15, -0.1) is 0 Å². The van der Waals surface area contributed by atoms with E-state index < -0.39 is 17.4 Å². The van der Waals surface area contributed by atoms with Gasteiger partial charge in [-0.3, -0.25) is 19.4 Å². The molecule has 2 aliphatic heterocycles. The van der Waals surface area contributed by atoms with Crippen molar-refractivity contribution in [2.75, 3.05) is 35.7 Å². The van der Waals surface area contributed by atoms with Gasteiger partial charge in [-0.05, 0) is 43.4 Å². The Hall–Kier alpha value is -3.36. The number of anilines is 3. The summed E-state index contributed by atoms with van der Waals surface area (Å²) in [6.07, 6.45) is 2.02. The molecule has 0 unspecified atom stereocenters. The van der Waals surface area contributed by atoms with Crippen molar-refractivity contribution >= 4 is 29.3 Å². The fourth-order valence-electron chi connectivity index (χ4n) is 4.25. The molecule has 1 aromatic heterocycles. The highest BCUT2D eigenvalue weighted by Gasteiger charge is 2.35. The Morgan fingerprint density at radius 2 is 2.13 bits per heavy atom. The molecule has 1 aromatic carbocycles. The Kier molecular flexibility index (Phi) is 5.67. The summed E-state index contributed by atoms with van der Waals surface area (Å²) in [5.74, 6) is -0.166. The van der Waals surface area contributed by atoms with Gasteiger partial charge < -0.3 is 20.3 Å². The largest absolute Gasteiger partial charge is 0.495 e. The summed E-state index contributed by atoms with van der Waals surface area (Å²) in [4.78, 5) is 47.8. The van der Waals surface area contributed by atoms with E-state index in [2.05, 4.69) is 27.5 Å². The molecule has 3 N–H and O–H groups in total. The van der Waals surface area contributed by atoms with Crippen LogP contribution in [0.25, 0.3) is 0 Å². The minimum atomic E-state index is -0.945. The van der Waals surface area contributed by atoms with Crippen molar-refractivity contribution < 1.29 is 14.3 Å². The second-order valence-electron chi connectivity index (χ2n) is 8.34. The number of aromatic nitrogens is 2. The van der Waals surface area contributed by atoms with Crippen molar-refractivity contribution in [3.8, 4) is 5.75 Å². The van der Waals surface area contributed by atoms with Gasteiger partial charge in [0, 0.05) is 19.5 Å². The van der Waals surface area contributed by atoms with E-state index in [1.807, 2.05) is 17.9 Å². The molecule has 0 aliphatic carbocycles. The van der Waals surface area contributed by atoms with Gasteiger partial charge in [0.15, 0.2) is 0 Å². The molecule has 2 atom stereocenters. The Labute approximate surface area is 180 Å². The van der Waals surface area contributed by atoms with Crippen LogP contribution in [-0.4, -0.2) is 42.0 Å². The molecule has 1 fully saturated rings. The second-order valence-corrected chi connectivity index (χ2v) is 8.34. The number of carbonyl (C=O) groups is 2. The number of carbonyl (C=O) groups excluding carboxylic acids is 2. The number of nitrogens with one attached hydrogen (secondary N) is 3. The number of piperidine rings is 1. The molecule has 0 spiro atoms. The minimum Gasteiger partial charge on any atom is -0.495 e. The Balaban J connectivity index is 1.66. The molecular formula is C22H27N5O4. The highest BCUT2D eigenvalue weighted by molar-refractivity contribution is 6.05. The van der Waals surface area contributed by atoms with Gasteiger partial charge in [0.25, 0.3) is 5.56 Å². The fourth-order valence-corrected chi connectivity index (χ4v) is 4.25. The molecule has 0 radical (unpaired) electrons. The number of methoxy groups -OCH3 is 1. The number of hydrogen-bond donors (Lipinski definition) is 3. The summed E-state index contributed by atoms with van der Waals surface area (Å²) in [5, 5.41) is 5.48. The number of H-pyrrole nitrogens is 1. The summed E-state index contributed by atoms with van der Waals surface area (Å²) in [6, 6.07) is 5.41. The lowest BCUT2D eigenvalue weighted by Crippen LogP contribution is -2.40. The molecule has 0 bridgehead atoms. The number of benzene rings is 1. The Morgan fingerprint density at radius 1 is 1.32 bits per heavy atom. The zero-order chi connectivity index (χ0) is 22.1. The molecule has 2 aliphatic rings. The zero-order valence-corrected chi connectivity index (χ0v) is 17.9. The third-order valence-electron chi connectivity index (χ3n) is 5.82. The molecule has 31 heavy (non-hydrogen) atoms. The summed E-state index contributed by atoms with van der Waals surface area (Å²) in [5.41, 5.74) is 1.20. The average molecular weight is 425 g/mol. The summed E-state index contributed by atoms with van der Waals surface area (Å²) >= 11 is 0. The number of amides is 2. The van der Waals surface area contributed by atoms with Crippen molar-refractivity contribution in [3.05, 3.63) is 39.7 Å². The lowest BCUT2D eigenvalue weighted by atomic mass is 9.92. The number of hydrogen-bond acceptors (Lipinski definition) is 6. The van der Waals surface area contributed by atoms with Crippen LogP contribution < -0.4 is 25.8 Å². The quantitative estimate of drug-likeness (QED) is 0.693. The van der Waals surface area contributed by atoms with Crippen LogP contribution >= 0.6 is 0 Å². The third-order valence-corrected chi connectivity index (χ3v) is 5.82. The third kappa shape index (κ3) is 4.26. The predicted octanol–water partition coefficient (Wildman–Crippen LogP) is 2.39.